The molecule has 3 rings (SSSR count). The number of aliphatic hydroxyl groups excluding tert-OH is 1. The number of aryl methyl sites for hydroxylation is 1. The van der Waals surface area contributed by atoms with Crippen LogP contribution in [0.15, 0.2) is 10.6 Å². The lowest BCUT2D eigenvalue weighted by Gasteiger charge is -2.43. The van der Waals surface area contributed by atoms with Crippen molar-refractivity contribution in [2.75, 3.05) is 26.9 Å². The van der Waals surface area contributed by atoms with Crippen molar-refractivity contribution in [1.29, 1.82) is 0 Å². The first-order chi connectivity index (χ1) is 12.1. The molecule has 0 radical (unpaired) electrons. The van der Waals surface area contributed by atoms with Crippen LogP contribution in [0.4, 0.5) is 0 Å². The van der Waals surface area contributed by atoms with Crippen LogP contribution in [0.2, 0.25) is 0 Å². The lowest BCUT2D eigenvalue weighted by atomic mass is 9.79. The molecule has 1 aliphatic heterocycles. The standard InChI is InChI=1S/C18H28N2O5/c1-3-4-14-11-15(19-25-14)17(22)20-8-7-18(23-2)6-5-13(12-16(18)20)24-10-9-21/h11,13,16,21H,3-10,12H2,1-2H3/t13-,16-,18+/m0/s1. The van der Waals surface area contributed by atoms with Gasteiger partial charge in [0.25, 0.3) is 5.91 Å². The van der Waals surface area contributed by atoms with Crippen LogP contribution in [-0.4, -0.2) is 65.7 Å². The summed E-state index contributed by atoms with van der Waals surface area (Å²) in [5.41, 5.74) is 0.0683. The van der Waals surface area contributed by atoms with Gasteiger partial charge in [-0.3, -0.25) is 4.79 Å². The third-order valence-electron chi connectivity index (χ3n) is 5.52. The second-order valence-electron chi connectivity index (χ2n) is 6.95. The maximum Gasteiger partial charge on any atom is 0.276 e. The number of methoxy groups -OCH3 is 1. The van der Waals surface area contributed by atoms with E-state index in [0.717, 1.165) is 44.3 Å². The first kappa shape index (κ1) is 18.4. The molecule has 1 saturated carbocycles. The Kier molecular flexibility index (Phi) is 5.76. The fourth-order valence-corrected chi connectivity index (χ4v) is 4.20. The smallest absolute Gasteiger partial charge is 0.276 e. The normalized spacial score (nSPS) is 29.0. The average molecular weight is 352 g/mol. The van der Waals surface area contributed by atoms with E-state index < -0.39 is 0 Å². The van der Waals surface area contributed by atoms with Gasteiger partial charge in [-0.15, -0.1) is 0 Å². The molecule has 7 heteroatoms. The highest BCUT2D eigenvalue weighted by Gasteiger charge is 2.53. The molecule has 1 saturated heterocycles. The van der Waals surface area contributed by atoms with E-state index >= 15 is 0 Å². The van der Waals surface area contributed by atoms with E-state index in [1.807, 2.05) is 4.90 Å². The summed E-state index contributed by atoms with van der Waals surface area (Å²) in [4.78, 5) is 14.8. The number of ether oxygens (including phenoxy) is 2. The minimum atomic E-state index is -0.301. The number of fused-ring (bicyclic) bond motifs is 1. The Morgan fingerprint density at radius 1 is 1.52 bits per heavy atom. The van der Waals surface area contributed by atoms with Gasteiger partial charge in [0, 0.05) is 26.1 Å². The molecule has 140 valence electrons. The Morgan fingerprint density at radius 3 is 3.08 bits per heavy atom. The topological polar surface area (TPSA) is 85.0 Å². The molecule has 0 spiro atoms. The van der Waals surface area contributed by atoms with Gasteiger partial charge in [-0.2, -0.15) is 0 Å². The second kappa shape index (κ2) is 7.85. The van der Waals surface area contributed by atoms with Crippen LogP contribution in [0.1, 0.15) is 55.3 Å². The molecular formula is C18H28N2O5. The predicted octanol–water partition coefficient (Wildman–Crippen LogP) is 1.79. The zero-order valence-corrected chi connectivity index (χ0v) is 15.1. The molecule has 1 amide bonds. The molecule has 2 aliphatic rings. The van der Waals surface area contributed by atoms with Crippen molar-refractivity contribution in [1.82, 2.24) is 10.1 Å². The lowest BCUT2D eigenvalue weighted by Crippen LogP contribution is -2.53. The van der Waals surface area contributed by atoms with Crippen LogP contribution in [0.3, 0.4) is 0 Å². The van der Waals surface area contributed by atoms with Gasteiger partial charge < -0.3 is 24.0 Å². The number of hydrogen-bond donors (Lipinski definition) is 1. The van der Waals surface area contributed by atoms with Gasteiger partial charge in [-0.1, -0.05) is 12.1 Å². The van der Waals surface area contributed by atoms with Gasteiger partial charge in [0.05, 0.1) is 31.0 Å². The lowest BCUT2D eigenvalue weighted by molar-refractivity contribution is -0.0992. The van der Waals surface area contributed by atoms with Crippen LogP contribution in [0.25, 0.3) is 0 Å². The van der Waals surface area contributed by atoms with E-state index in [4.69, 9.17) is 19.1 Å². The van der Waals surface area contributed by atoms with Crippen molar-refractivity contribution in [3.8, 4) is 0 Å². The highest BCUT2D eigenvalue weighted by Crippen LogP contribution is 2.43. The summed E-state index contributed by atoms with van der Waals surface area (Å²) in [5, 5.41) is 12.9. The molecule has 1 aromatic heterocycles. The maximum absolute atomic E-state index is 13.0. The minimum absolute atomic E-state index is 0.0123. The average Bonchev–Trinajstić information content (AvgIpc) is 3.24. The Bertz CT molecular complexity index is 590. The molecule has 7 nitrogen and oxygen atoms in total. The summed E-state index contributed by atoms with van der Waals surface area (Å²) in [6.45, 7) is 3.05. The fourth-order valence-electron chi connectivity index (χ4n) is 4.20. The number of rotatable bonds is 7. The summed E-state index contributed by atoms with van der Waals surface area (Å²) in [5.74, 6) is 0.647. The van der Waals surface area contributed by atoms with E-state index in [1.54, 1.807) is 13.2 Å². The fraction of sp³-hybridized carbons (Fsp3) is 0.778. The van der Waals surface area contributed by atoms with Crippen molar-refractivity contribution < 1.29 is 23.9 Å². The van der Waals surface area contributed by atoms with Crippen molar-refractivity contribution in [2.24, 2.45) is 0 Å². The molecule has 0 aromatic carbocycles. The van der Waals surface area contributed by atoms with E-state index in [-0.39, 0.29) is 30.3 Å². The number of aliphatic hydroxyl groups is 1. The third-order valence-corrected chi connectivity index (χ3v) is 5.52. The van der Waals surface area contributed by atoms with E-state index in [0.29, 0.717) is 18.8 Å². The summed E-state index contributed by atoms with van der Waals surface area (Å²) in [6.07, 6.45) is 5.06. The maximum atomic E-state index is 13.0. The quantitative estimate of drug-likeness (QED) is 0.805. The summed E-state index contributed by atoms with van der Waals surface area (Å²) >= 11 is 0. The van der Waals surface area contributed by atoms with Crippen LogP contribution in [0.5, 0.6) is 0 Å². The number of nitrogens with zero attached hydrogens (tertiary/aromatic N) is 2. The summed E-state index contributed by atoms with van der Waals surface area (Å²) < 4.78 is 16.9. The van der Waals surface area contributed by atoms with Crippen LogP contribution < -0.4 is 0 Å². The number of amides is 1. The van der Waals surface area contributed by atoms with E-state index in [9.17, 15) is 4.79 Å². The predicted molar refractivity (Wildman–Crippen MR) is 90.4 cm³/mol. The molecule has 2 fully saturated rings. The van der Waals surface area contributed by atoms with E-state index in [2.05, 4.69) is 12.1 Å². The number of aromatic nitrogens is 1. The van der Waals surface area contributed by atoms with Crippen molar-refractivity contribution in [3.05, 3.63) is 17.5 Å². The number of likely N-dealkylation sites (tertiary alicyclic amines) is 1. The summed E-state index contributed by atoms with van der Waals surface area (Å²) in [6, 6.07) is 1.72. The first-order valence-electron chi connectivity index (χ1n) is 9.17. The monoisotopic (exact) mass is 352 g/mol. The molecule has 3 atom stereocenters. The van der Waals surface area contributed by atoms with Gasteiger partial charge in [-0.05, 0) is 32.1 Å². The van der Waals surface area contributed by atoms with Crippen LogP contribution in [-0.2, 0) is 15.9 Å². The molecule has 1 aromatic rings. The highest BCUT2D eigenvalue weighted by molar-refractivity contribution is 5.92. The molecule has 0 unspecified atom stereocenters. The van der Waals surface area contributed by atoms with Crippen LogP contribution in [0, 0.1) is 0 Å². The number of carbonyl (C=O) groups is 1. The Morgan fingerprint density at radius 2 is 2.36 bits per heavy atom. The van der Waals surface area contributed by atoms with Gasteiger partial charge in [0.1, 0.15) is 5.76 Å². The van der Waals surface area contributed by atoms with Gasteiger partial charge in [-0.25, -0.2) is 0 Å². The zero-order valence-electron chi connectivity index (χ0n) is 15.1. The SMILES string of the molecule is CCCc1cc(C(=O)N2CC[C@]3(OC)CC[C@H](OCCO)C[C@H]23)no1. The summed E-state index contributed by atoms with van der Waals surface area (Å²) in [7, 11) is 1.73. The highest BCUT2D eigenvalue weighted by atomic mass is 16.5. The van der Waals surface area contributed by atoms with Gasteiger partial charge in [0.2, 0.25) is 0 Å². The number of hydrogen-bond acceptors (Lipinski definition) is 6. The Balaban J connectivity index is 1.75. The molecular weight excluding hydrogens is 324 g/mol. The second-order valence-corrected chi connectivity index (χ2v) is 6.95. The van der Waals surface area contributed by atoms with Crippen molar-refractivity contribution >= 4 is 5.91 Å². The van der Waals surface area contributed by atoms with Crippen molar-refractivity contribution in [2.45, 2.75) is 63.2 Å². The van der Waals surface area contributed by atoms with Crippen LogP contribution >= 0.6 is 0 Å². The number of carbonyl (C=O) groups excluding carboxylic acids is 1. The Hall–Kier alpha value is -1.44. The molecule has 2 heterocycles. The molecule has 25 heavy (non-hydrogen) atoms. The molecule has 0 bridgehead atoms. The molecule has 1 aliphatic carbocycles. The largest absolute Gasteiger partial charge is 0.394 e. The minimum Gasteiger partial charge on any atom is -0.394 e. The molecule has 1 N–H and O–H groups in total. The Labute approximate surface area is 148 Å². The van der Waals surface area contributed by atoms with Gasteiger partial charge >= 0.3 is 0 Å². The van der Waals surface area contributed by atoms with Gasteiger partial charge in [0.15, 0.2) is 5.69 Å². The first-order valence-corrected chi connectivity index (χ1v) is 9.17. The third kappa shape index (κ3) is 3.59. The van der Waals surface area contributed by atoms with E-state index in [1.165, 1.54) is 0 Å². The zero-order chi connectivity index (χ0) is 17.9. The van der Waals surface area contributed by atoms with Crippen molar-refractivity contribution in [3.63, 3.8) is 0 Å².